The molecule has 1 aromatic carbocycles. The molecule has 0 saturated heterocycles. The molecular formula is C12H6F2N2O. The molecule has 1 N–H and O–H groups in total. The van der Waals surface area contributed by atoms with Gasteiger partial charge in [-0.2, -0.15) is 5.26 Å². The van der Waals surface area contributed by atoms with E-state index < -0.39 is 11.6 Å². The van der Waals surface area contributed by atoms with E-state index in [1.807, 2.05) is 6.07 Å². The Bertz CT molecular complexity index is 600. The van der Waals surface area contributed by atoms with Gasteiger partial charge in [-0.25, -0.2) is 13.8 Å². The largest absolute Gasteiger partial charge is 0.493 e. The van der Waals surface area contributed by atoms with Crippen molar-refractivity contribution in [2.45, 2.75) is 0 Å². The summed E-state index contributed by atoms with van der Waals surface area (Å²) in [5.41, 5.74) is 0.286. The molecule has 0 atom stereocenters. The second kappa shape index (κ2) is 4.18. The second-order valence-electron chi connectivity index (χ2n) is 3.34. The van der Waals surface area contributed by atoms with Crippen molar-refractivity contribution in [1.29, 1.82) is 5.26 Å². The molecule has 0 aliphatic rings. The summed E-state index contributed by atoms with van der Waals surface area (Å²) in [7, 11) is 0. The van der Waals surface area contributed by atoms with Crippen molar-refractivity contribution >= 4 is 0 Å². The lowest BCUT2D eigenvalue weighted by Crippen LogP contribution is -1.91. The van der Waals surface area contributed by atoms with Crippen molar-refractivity contribution in [1.82, 2.24) is 4.98 Å². The zero-order chi connectivity index (χ0) is 12.4. The average molecular weight is 232 g/mol. The Morgan fingerprint density at radius 1 is 1.12 bits per heavy atom. The third-order valence-corrected chi connectivity index (χ3v) is 2.14. The maximum absolute atomic E-state index is 13.0. The fourth-order valence-electron chi connectivity index (χ4n) is 1.45. The molecule has 0 unspecified atom stereocenters. The highest BCUT2D eigenvalue weighted by Gasteiger charge is 2.10. The summed E-state index contributed by atoms with van der Waals surface area (Å²) in [5.74, 6) is -1.85. The minimum Gasteiger partial charge on any atom is -0.493 e. The van der Waals surface area contributed by atoms with Gasteiger partial charge in [-0.15, -0.1) is 0 Å². The number of aromatic nitrogens is 1. The molecule has 0 bridgehead atoms. The minimum absolute atomic E-state index is 0.0471. The Kier molecular flexibility index (Phi) is 2.71. The summed E-state index contributed by atoms with van der Waals surface area (Å²) >= 11 is 0. The van der Waals surface area contributed by atoms with Gasteiger partial charge in [0.25, 0.3) is 0 Å². The second-order valence-corrected chi connectivity index (χ2v) is 3.34. The van der Waals surface area contributed by atoms with Crippen molar-refractivity contribution in [3.63, 3.8) is 0 Å². The quantitative estimate of drug-likeness (QED) is 0.822. The van der Waals surface area contributed by atoms with Gasteiger partial charge in [-0.05, 0) is 18.2 Å². The number of pyridine rings is 1. The van der Waals surface area contributed by atoms with Crippen LogP contribution in [0.2, 0.25) is 0 Å². The summed E-state index contributed by atoms with van der Waals surface area (Å²) < 4.78 is 26.1. The van der Waals surface area contributed by atoms with Crippen LogP contribution >= 0.6 is 0 Å². The Hall–Kier alpha value is -2.48. The first-order valence-corrected chi connectivity index (χ1v) is 4.67. The van der Waals surface area contributed by atoms with Gasteiger partial charge in [0.2, 0.25) is 5.88 Å². The van der Waals surface area contributed by atoms with Gasteiger partial charge in [-0.3, -0.25) is 0 Å². The molecule has 0 aliphatic heterocycles. The maximum atomic E-state index is 13.0. The normalized spacial score (nSPS) is 9.94. The molecule has 0 spiro atoms. The van der Waals surface area contributed by atoms with Crippen LogP contribution in [0, 0.1) is 23.0 Å². The standard InChI is InChI=1S/C12H6F2N2O/c13-9-3-8(4-10(14)5-9)12-7(6-15)1-2-11(17)16-12/h1-5H,(H,16,17). The Labute approximate surface area is 95.6 Å². The van der Waals surface area contributed by atoms with E-state index in [4.69, 9.17) is 5.26 Å². The number of hydrogen-bond donors (Lipinski definition) is 1. The predicted octanol–water partition coefficient (Wildman–Crippen LogP) is 2.60. The van der Waals surface area contributed by atoms with E-state index in [1.165, 1.54) is 12.1 Å². The first kappa shape index (κ1) is 11.0. The van der Waals surface area contributed by atoms with Gasteiger partial charge < -0.3 is 5.11 Å². The zero-order valence-electron chi connectivity index (χ0n) is 8.48. The van der Waals surface area contributed by atoms with Crippen molar-refractivity contribution in [3.8, 4) is 23.2 Å². The first-order valence-electron chi connectivity index (χ1n) is 4.67. The summed E-state index contributed by atoms with van der Waals surface area (Å²) in [4.78, 5) is 3.70. The van der Waals surface area contributed by atoms with E-state index in [9.17, 15) is 13.9 Å². The summed E-state index contributed by atoms with van der Waals surface area (Å²) in [6.07, 6.45) is 0. The first-order chi connectivity index (χ1) is 8.10. The smallest absolute Gasteiger partial charge is 0.211 e. The molecule has 3 nitrogen and oxygen atoms in total. The molecule has 17 heavy (non-hydrogen) atoms. The van der Waals surface area contributed by atoms with Crippen LogP contribution < -0.4 is 0 Å². The average Bonchev–Trinajstić information content (AvgIpc) is 2.27. The Balaban J connectivity index is 2.67. The van der Waals surface area contributed by atoms with Crippen molar-refractivity contribution in [3.05, 3.63) is 47.5 Å². The topological polar surface area (TPSA) is 56.9 Å². The number of aromatic hydroxyl groups is 1. The number of nitriles is 1. The van der Waals surface area contributed by atoms with Crippen molar-refractivity contribution < 1.29 is 13.9 Å². The molecule has 0 radical (unpaired) electrons. The summed E-state index contributed by atoms with van der Waals surface area (Å²) in [6, 6.07) is 7.22. The highest BCUT2D eigenvalue weighted by molar-refractivity contribution is 5.67. The molecule has 2 rings (SSSR count). The number of benzene rings is 1. The van der Waals surface area contributed by atoms with Crippen LogP contribution in [0.1, 0.15) is 5.56 Å². The van der Waals surface area contributed by atoms with E-state index in [2.05, 4.69) is 4.98 Å². The van der Waals surface area contributed by atoms with Crippen LogP contribution in [0.3, 0.4) is 0 Å². The third kappa shape index (κ3) is 2.21. The Morgan fingerprint density at radius 2 is 1.76 bits per heavy atom. The highest BCUT2D eigenvalue weighted by Crippen LogP contribution is 2.25. The maximum Gasteiger partial charge on any atom is 0.211 e. The van der Waals surface area contributed by atoms with Crippen LogP contribution in [-0.2, 0) is 0 Å². The van der Waals surface area contributed by atoms with E-state index >= 15 is 0 Å². The lowest BCUT2D eigenvalue weighted by Gasteiger charge is -2.04. The number of nitrogens with zero attached hydrogens (tertiary/aromatic N) is 2. The van der Waals surface area contributed by atoms with E-state index in [0.29, 0.717) is 0 Å². The molecular weight excluding hydrogens is 226 g/mol. The lowest BCUT2D eigenvalue weighted by atomic mass is 10.1. The van der Waals surface area contributed by atoms with E-state index in [1.54, 1.807) is 0 Å². The molecule has 1 aromatic heterocycles. The molecule has 0 amide bonds. The zero-order valence-corrected chi connectivity index (χ0v) is 8.48. The molecule has 0 aliphatic carbocycles. The van der Waals surface area contributed by atoms with E-state index in [0.717, 1.165) is 18.2 Å². The Morgan fingerprint density at radius 3 is 2.35 bits per heavy atom. The van der Waals surface area contributed by atoms with Gasteiger partial charge >= 0.3 is 0 Å². The SMILES string of the molecule is N#Cc1ccc(O)nc1-c1cc(F)cc(F)c1. The van der Waals surface area contributed by atoms with Crippen LogP contribution in [0.5, 0.6) is 5.88 Å². The minimum atomic E-state index is -0.769. The molecule has 0 saturated carbocycles. The van der Waals surface area contributed by atoms with E-state index in [-0.39, 0.29) is 22.7 Å². The monoisotopic (exact) mass is 232 g/mol. The fourth-order valence-corrected chi connectivity index (χ4v) is 1.45. The van der Waals surface area contributed by atoms with Crippen LogP contribution in [0.25, 0.3) is 11.3 Å². The molecule has 84 valence electrons. The third-order valence-electron chi connectivity index (χ3n) is 2.14. The molecule has 2 aromatic rings. The molecule has 5 heteroatoms. The molecule has 1 heterocycles. The number of halogens is 2. The van der Waals surface area contributed by atoms with Crippen molar-refractivity contribution in [2.24, 2.45) is 0 Å². The van der Waals surface area contributed by atoms with Crippen LogP contribution in [0.15, 0.2) is 30.3 Å². The van der Waals surface area contributed by atoms with Crippen LogP contribution in [0.4, 0.5) is 8.78 Å². The fraction of sp³-hybridized carbons (Fsp3) is 0. The van der Waals surface area contributed by atoms with Gasteiger partial charge in [0.1, 0.15) is 17.7 Å². The highest BCUT2D eigenvalue weighted by atomic mass is 19.1. The van der Waals surface area contributed by atoms with Crippen molar-refractivity contribution in [2.75, 3.05) is 0 Å². The summed E-state index contributed by atoms with van der Waals surface area (Å²) in [6.45, 7) is 0. The lowest BCUT2D eigenvalue weighted by molar-refractivity contribution is 0.454. The number of hydrogen-bond acceptors (Lipinski definition) is 3. The van der Waals surface area contributed by atoms with Crippen LogP contribution in [-0.4, -0.2) is 10.1 Å². The number of rotatable bonds is 1. The van der Waals surface area contributed by atoms with Gasteiger partial charge in [-0.1, -0.05) is 0 Å². The molecule has 0 fully saturated rings. The predicted molar refractivity (Wildman–Crippen MR) is 56.0 cm³/mol. The van der Waals surface area contributed by atoms with Gasteiger partial charge in [0.15, 0.2) is 0 Å². The summed E-state index contributed by atoms with van der Waals surface area (Å²) in [5, 5.41) is 18.1. The van der Waals surface area contributed by atoms with Gasteiger partial charge in [0, 0.05) is 17.7 Å². The van der Waals surface area contributed by atoms with Gasteiger partial charge in [0.05, 0.1) is 11.3 Å².